The van der Waals surface area contributed by atoms with Crippen LogP contribution in [0, 0.1) is 20.8 Å². The fourth-order valence-electron chi connectivity index (χ4n) is 2.11. The van der Waals surface area contributed by atoms with E-state index in [4.69, 9.17) is 0 Å². The molecule has 0 bridgehead atoms. The predicted molar refractivity (Wildman–Crippen MR) is 76.9 cm³/mol. The lowest BCUT2D eigenvalue weighted by atomic mass is 10.1. The molecule has 0 aliphatic heterocycles. The monoisotopic (exact) mass is 267 g/mol. The summed E-state index contributed by atoms with van der Waals surface area (Å²) >= 11 is 0. The second kappa shape index (κ2) is 4.92. The van der Waals surface area contributed by atoms with E-state index < -0.39 is 0 Å². The first-order valence-electron chi connectivity index (χ1n) is 6.60. The molecule has 3 rings (SSSR count). The molecule has 5 heteroatoms. The van der Waals surface area contributed by atoms with Crippen molar-refractivity contribution >= 4 is 0 Å². The molecule has 2 aromatic heterocycles. The van der Waals surface area contributed by atoms with Gasteiger partial charge in [0.2, 0.25) is 0 Å². The molecule has 0 fully saturated rings. The summed E-state index contributed by atoms with van der Waals surface area (Å²) in [5, 5.41) is 8.43. The van der Waals surface area contributed by atoms with Crippen LogP contribution >= 0.6 is 0 Å². The highest BCUT2D eigenvalue weighted by molar-refractivity contribution is 5.38. The van der Waals surface area contributed by atoms with Crippen molar-refractivity contribution in [3.05, 3.63) is 59.4 Å². The molecule has 2 heterocycles. The van der Waals surface area contributed by atoms with Gasteiger partial charge in [0.05, 0.1) is 18.4 Å². The van der Waals surface area contributed by atoms with Gasteiger partial charge in [-0.3, -0.25) is 0 Å². The molecule has 20 heavy (non-hydrogen) atoms. The molecule has 0 atom stereocenters. The van der Waals surface area contributed by atoms with Gasteiger partial charge in [-0.1, -0.05) is 11.3 Å². The number of hydrogen-bond acceptors (Lipinski definition) is 3. The van der Waals surface area contributed by atoms with Crippen LogP contribution in [0.5, 0.6) is 0 Å². The summed E-state index contributed by atoms with van der Waals surface area (Å²) in [7, 11) is 0. The molecule has 0 radical (unpaired) electrons. The molecule has 5 nitrogen and oxygen atoms in total. The third-order valence-corrected chi connectivity index (χ3v) is 3.55. The highest BCUT2D eigenvalue weighted by Crippen LogP contribution is 2.13. The summed E-state index contributed by atoms with van der Waals surface area (Å²) in [5.41, 5.74) is 4.49. The van der Waals surface area contributed by atoms with Crippen LogP contribution in [0.25, 0.3) is 5.69 Å². The standard InChI is InChI=1S/C15H17N5/c1-11-4-5-15(8-12(11)2)20-10-14(17-18-20)9-19-7-6-16-13(19)3/h4-8,10H,9H2,1-3H3. The largest absolute Gasteiger partial charge is 0.329 e. The summed E-state index contributed by atoms with van der Waals surface area (Å²) in [5.74, 6) is 0.978. The fourth-order valence-corrected chi connectivity index (χ4v) is 2.11. The summed E-state index contributed by atoms with van der Waals surface area (Å²) in [6.07, 6.45) is 5.71. The van der Waals surface area contributed by atoms with Crippen LogP contribution in [0.3, 0.4) is 0 Å². The molecule has 0 aliphatic rings. The highest BCUT2D eigenvalue weighted by atomic mass is 15.4. The summed E-state index contributed by atoms with van der Waals surface area (Å²) < 4.78 is 3.86. The van der Waals surface area contributed by atoms with Gasteiger partial charge in [-0.25, -0.2) is 9.67 Å². The van der Waals surface area contributed by atoms with E-state index in [1.807, 2.05) is 24.0 Å². The number of imidazole rings is 1. The number of hydrogen-bond donors (Lipinski definition) is 0. The molecule has 3 aromatic rings. The molecular weight excluding hydrogens is 250 g/mol. The van der Waals surface area contributed by atoms with Crippen molar-refractivity contribution in [2.45, 2.75) is 27.3 Å². The topological polar surface area (TPSA) is 48.5 Å². The Bertz CT molecular complexity index is 738. The lowest BCUT2D eigenvalue weighted by Crippen LogP contribution is -2.00. The molecule has 0 aliphatic carbocycles. The summed E-state index contributed by atoms with van der Waals surface area (Å²) in [6, 6.07) is 6.28. The zero-order valence-electron chi connectivity index (χ0n) is 11.9. The second-order valence-electron chi connectivity index (χ2n) is 5.03. The zero-order chi connectivity index (χ0) is 14.1. The Kier molecular flexibility index (Phi) is 3.10. The van der Waals surface area contributed by atoms with Gasteiger partial charge in [-0.2, -0.15) is 0 Å². The maximum Gasteiger partial charge on any atom is 0.105 e. The van der Waals surface area contributed by atoms with Crippen LogP contribution in [-0.4, -0.2) is 24.5 Å². The lowest BCUT2D eigenvalue weighted by molar-refractivity contribution is 0.733. The van der Waals surface area contributed by atoms with E-state index in [1.54, 1.807) is 6.20 Å². The number of rotatable bonds is 3. The van der Waals surface area contributed by atoms with Crippen molar-refractivity contribution < 1.29 is 0 Å². The Hall–Kier alpha value is -2.43. The Morgan fingerprint density at radius 3 is 2.65 bits per heavy atom. The smallest absolute Gasteiger partial charge is 0.105 e. The van der Waals surface area contributed by atoms with Gasteiger partial charge in [0.1, 0.15) is 11.5 Å². The molecular formula is C15H17N5. The first-order valence-corrected chi connectivity index (χ1v) is 6.60. The van der Waals surface area contributed by atoms with Gasteiger partial charge < -0.3 is 4.57 Å². The van der Waals surface area contributed by atoms with Crippen molar-refractivity contribution in [2.75, 3.05) is 0 Å². The quantitative estimate of drug-likeness (QED) is 0.732. The number of benzene rings is 1. The molecule has 0 spiro atoms. The van der Waals surface area contributed by atoms with E-state index in [-0.39, 0.29) is 0 Å². The van der Waals surface area contributed by atoms with Gasteiger partial charge in [-0.15, -0.1) is 5.10 Å². The van der Waals surface area contributed by atoms with Crippen LogP contribution in [0.15, 0.2) is 36.8 Å². The molecule has 0 unspecified atom stereocenters. The third kappa shape index (κ3) is 2.34. The van der Waals surface area contributed by atoms with Gasteiger partial charge in [0, 0.05) is 12.4 Å². The lowest BCUT2D eigenvalue weighted by Gasteiger charge is -2.04. The van der Waals surface area contributed by atoms with E-state index in [2.05, 4.69) is 51.9 Å². The minimum Gasteiger partial charge on any atom is -0.329 e. The zero-order valence-corrected chi connectivity index (χ0v) is 11.9. The SMILES string of the molecule is Cc1ccc(-n2cc(Cn3ccnc3C)nn2)cc1C. The molecule has 0 saturated carbocycles. The van der Waals surface area contributed by atoms with Crippen LogP contribution in [-0.2, 0) is 6.54 Å². The van der Waals surface area contributed by atoms with Crippen molar-refractivity contribution in [2.24, 2.45) is 0 Å². The first-order chi connectivity index (χ1) is 9.63. The molecule has 102 valence electrons. The van der Waals surface area contributed by atoms with Gasteiger partial charge in [0.15, 0.2) is 0 Å². The first kappa shape index (κ1) is 12.6. The van der Waals surface area contributed by atoms with Crippen LogP contribution in [0.2, 0.25) is 0 Å². The second-order valence-corrected chi connectivity index (χ2v) is 5.03. The molecule has 1 aromatic carbocycles. The Morgan fingerprint density at radius 2 is 1.95 bits per heavy atom. The molecule has 0 N–H and O–H groups in total. The Morgan fingerprint density at radius 1 is 1.10 bits per heavy atom. The van der Waals surface area contributed by atoms with Crippen LogP contribution < -0.4 is 0 Å². The van der Waals surface area contributed by atoms with Gasteiger partial charge >= 0.3 is 0 Å². The van der Waals surface area contributed by atoms with E-state index in [0.717, 1.165) is 17.2 Å². The number of aryl methyl sites for hydroxylation is 3. The number of aromatic nitrogens is 5. The predicted octanol–water partition coefficient (Wildman–Crippen LogP) is 2.44. The normalized spacial score (nSPS) is 10.9. The maximum absolute atomic E-state index is 4.23. The highest BCUT2D eigenvalue weighted by Gasteiger charge is 2.06. The molecule has 0 amide bonds. The van der Waals surface area contributed by atoms with E-state index in [0.29, 0.717) is 6.54 Å². The van der Waals surface area contributed by atoms with Crippen molar-refractivity contribution in [3.63, 3.8) is 0 Å². The molecule has 0 saturated heterocycles. The van der Waals surface area contributed by atoms with Crippen molar-refractivity contribution in [1.29, 1.82) is 0 Å². The number of nitrogens with zero attached hydrogens (tertiary/aromatic N) is 5. The van der Waals surface area contributed by atoms with E-state index >= 15 is 0 Å². The van der Waals surface area contributed by atoms with Crippen molar-refractivity contribution in [3.8, 4) is 5.69 Å². The minimum absolute atomic E-state index is 0.691. The van der Waals surface area contributed by atoms with E-state index in [1.165, 1.54) is 11.1 Å². The van der Waals surface area contributed by atoms with E-state index in [9.17, 15) is 0 Å². The summed E-state index contributed by atoms with van der Waals surface area (Å²) in [4.78, 5) is 4.21. The Labute approximate surface area is 117 Å². The Balaban J connectivity index is 1.86. The third-order valence-electron chi connectivity index (χ3n) is 3.55. The minimum atomic E-state index is 0.691. The average Bonchev–Trinajstić information content (AvgIpc) is 3.04. The maximum atomic E-state index is 4.23. The van der Waals surface area contributed by atoms with Gasteiger partial charge in [-0.05, 0) is 44.0 Å². The fraction of sp³-hybridized carbons (Fsp3) is 0.267. The van der Waals surface area contributed by atoms with Crippen LogP contribution in [0.4, 0.5) is 0 Å². The van der Waals surface area contributed by atoms with Crippen molar-refractivity contribution in [1.82, 2.24) is 24.5 Å². The average molecular weight is 267 g/mol. The van der Waals surface area contributed by atoms with Gasteiger partial charge in [0.25, 0.3) is 0 Å². The van der Waals surface area contributed by atoms with Crippen LogP contribution in [0.1, 0.15) is 22.6 Å². The summed E-state index contributed by atoms with van der Waals surface area (Å²) in [6.45, 7) is 6.88.